The van der Waals surface area contributed by atoms with Gasteiger partial charge in [0.05, 0.1) is 12.3 Å². The van der Waals surface area contributed by atoms with Crippen molar-refractivity contribution in [2.24, 2.45) is 0 Å². The first-order valence-corrected chi connectivity index (χ1v) is 6.91. The number of carbonyl (C=O) groups excluding carboxylic acids is 1. The number of methoxy groups -OCH3 is 1. The maximum atomic E-state index is 11.8. The molecule has 1 N–H and O–H groups in total. The lowest BCUT2D eigenvalue weighted by Crippen LogP contribution is -2.42. The van der Waals surface area contributed by atoms with Crippen molar-refractivity contribution in [1.29, 1.82) is 0 Å². The number of alkyl carbamates (subject to hydrolysis) is 1. The van der Waals surface area contributed by atoms with Gasteiger partial charge in [0.1, 0.15) is 5.60 Å². The van der Waals surface area contributed by atoms with Crippen molar-refractivity contribution < 1.29 is 14.3 Å². The van der Waals surface area contributed by atoms with Crippen LogP contribution in [0.1, 0.15) is 38.6 Å². The highest BCUT2D eigenvalue weighted by atomic mass is 16.6. The number of fused-ring (bicyclic) bond motifs is 1. The molecule has 0 radical (unpaired) electrons. The second kappa shape index (κ2) is 5.83. The molecule has 0 saturated carbocycles. The van der Waals surface area contributed by atoms with E-state index in [4.69, 9.17) is 9.47 Å². The zero-order valence-corrected chi connectivity index (χ0v) is 12.6. The Balaban J connectivity index is 1.92. The lowest BCUT2D eigenvalue weighted by molar-refractivity contribution is 0.0496. The summed E-state index contributed by atoms with van der Waals surface area (Å²) >= 11 is 0. The second-order valence-electron chi connectivity index (χ2n) is 6.12. The molecule has 1 aliphatic heterocycles. The van der Waals surface area contributed by atoms with Crippen LogP contribution in [0.4, 0.5) is 4.79 Å². The summed E-state index contributed by atoms with van der Waals surface area (Å²) in [4.78, 5) is 11.8. The zero-order chi connectivity index (χ0) is 14.8. The molecule has 0 aliphatic carbocycles. The van der Waals surface area contributed by atoms with Gasteiger partial charge in [0, 0.05) is 31.8 Å². The highest BCUT2D eigenvalue weighted by Gasteiger charge is 2.24. The lowest BCUT2D eigenvalue weighted by Gasteiger charge is -2.26. The predicted molar refractivity (Wildman–Crippen MR) is 74.4 cm³/mol. The van der Waals surface area contributed by atoms with E-state index in [2.05, 4.69) is 10.4 Å². The Morgan fingerprint density at radius 1 is 1.55 bits per heavy atom. The highest BCUT2D eigenvalue weighted by Crippen LogP contribution is 2.17. The van der Waals surface area contributed by atoms with Gasteiger partial charge in [0.2, 0.25) is 0 Å². The number of amides is 1. The molecule has 1 unspecified atom stereocenters. The van der Waals surface area contributed by atoms with E-state index in [1.165, 1.54) is 0 Å². The van der Waals surface area contributed by atoms with Crippen LogP contribution in [-0.4, -0.2) is 34.6 Å². The van der Waals surface area contributed by atoms with Gasteiger partial charge in [0.15, 0.2) is 0 Å². The van der Waals surface area contributed by atoms with Gasteiger partial charge < -0.3 is 14.8 Å². The van der Waals surface area contributed by atoms with Gasteiger partial charge >= 0.3 is 6.09 Å². The van der Waals surface area contributed by atoms with Crippen LogP contribution in [0.2, 0.25) is 0 Å². The molecular weight excluding hydrogens is 258 g/mol. The predicted octanol–water partition coefficient (Wildman–Crippen LogP) is 1.87. The SMILES string of the molecule is COCc1cc2n(n1)CCC(NC(=O)OC(C)(C)C)C2. The molecule has 0 aromatic carbocycles. The summed E-state index contributed by atoms with van der Waals surface area (Å²) in [5.74, 6) is 0. The van der Waals surface area contributed by atoms with Gasteiger partial charge in [-0.25, -0.2) is 4.79 Å². The highest BCUT2D eigenvalue weighted by molar-refractivity contribution is 5.68. The third-order valence-electron chi connectivity index (χ3n) is 3.07. The summed E-state index contributed by atoms with van der Waals surface area (Å²) in [5.41, 5.74) is 1.59. The van der Waals surface area contributed by atoms with E-state index in [9.17, 15) is 4.79 Å². The second-order valence-corrected chi connectivity index (χ2v) is 6.12. The molecule has 20 heavy (non-hydrogen) atoms. The van der Waals surface area contributed by atoms with Crippen molar-refractivity contribution in [1.82, 2.24) is 15.1 Å². The van der Waals surface area contributed by atoms with Crippen molar-refractivity contribution >= 4 is 6.09 Å². The standard InChI is InChI=1S/C14H23N3O3/c1-14(2,3)20-13(18)15-10-5-6-17-12(7-10)8-11(16-17)9-19-4/h8,10H,5-7,9H2,1-4H3,(H,15,18). The quantitative estimate of drug-likeness (QED) is 0.918. The summed E-state index contributed by atoms with van der Waals surface area (Å²) in [6, 6.07) is 2.14. The molecular formula is C14H23N3O3. The molecule has 0 bridgehead atoms. The number of hydrogen-bond donors (Lipinski definition) is 1. The lowest BCUT2D eigenvalue weighted by atomic mass is 10.0. The monoisotopic (exact) mass is 281 g/mol. The van der Waals surface area contributed by atoms with Crippen LogP contribution < -0.4 is 5.32 Å². The first-order chi connectivity index (χ1) is 9.37. The number of ether oxygens (including phenoxy) is 2. The third kappa shape index (κ3) is 3.96. The van der Waals surface area contributed by atoms with E-state index in [-0.39, 0.29) is 12.1 Å². The largest absolute Gasteiger partial charge is 0.444 e. The van der Waals surface area contributed by atoms with E-state index in [1.807, 2.05) is 31.5 Å². The maximum absolute atomic E-state index is 11.8. The van der Waals surface area contributed by atoms with Gasteiger partial charge in [-0.3, -0.25) is 4.68 Å². The van der Waals surface area contributed by atoms with Crippen molar-refractivity contribution in [3.8, 4) is 0 Å². The molecule has 1 aromatic heterocycles. The van der Waals surface area contributed by atoms with Crippen LogP contribution in [0.3, 0.4) is 0 Å². The molecule has 6 heteroatoms. The molecule has 0 fully saturated rings. The molecule has 1 aromatic rings. The smallest absolute Gasteiger partial charge is 0.407 e. The normalized spacial score (nSPS) is 18.5. The van der Waals surface area contributed by atoms with Crippen LogP contribution in [0.5, 0.6) is 0 Å². The van der Waals surface area contributed by atoms with E-state index in [0.29, 0.717) is 6.61 Å². The number of carbonyl (C=O) groups is 1. The molecule has 0 spiro atoms. The Kier molecular flexibility index (Phi) is 4.32. The average molecular weight is 281 g/mol. The topological polar surface area (TPSA) is 65.4 Å². The Morgan fingerprint density at radius 3 is 2.95 bits per heavy atom. The summed E-state index contributed by atoms with van der Waals surface area (Å²) in [6.45, 7) is 6.91. The Morgan fingerprint density at radius 2 is 2.30 bits per heavy atom. The van der Waals surface area contributed by atoms with Crippen molar-refractivity contribution in [3.05, 3.63) is 17.5 Å². The van der Waals surface area contributed by atoms with E-state index >= 15 is 0 Å². The molecule has 2 rings (SSSR count). The van der Waals surface area contributed by atoms with E-state index < -0.39 is 5.60 Å². The van der Waals surface area contributed by atoms with Crippen molar-refractivity contribution in [2.75, 3.05) is 7.11 Å². The summed E-state index contributed by atoms with van der Waals surface area (Å²) in [5, 5.41) is 7.39. The van der Waals surface area contributed by atoms with Gasteiger partial charge in [-0.1, -0.05) is 0 Å². The number of nitrogens with zero attached hydrogens (tertiary/aromatic N) is 2. The molecule has 2 heterocycles. The van der Waals surface area contributed by atoms with Crippen molar-refractivity contribution in [2.45, 2.75) is 58.4 Å². The van der Waals surface area contributed by atoms with E-state index in [0.717, 1.165) is 30.8 Å². The number of aryl methyl sites for hydroxylation is 1. The average Bonchev–Trinajstić information content (AvgIpc) is 2.68. The number of aromatic nitrogens is 2. The molecule has 1 atom stereocenters. The van der Waals surface area contributed by atoms with Gasteiger partial charge in [0.25, 0.3) is 0 Å². The Hall–Kier alpha value is -1.56. The summed E-state index contributed by atoms with van der Waals surface area (Å²) in [6.07, 6.45) is 1.28. The molecule has 6 nitrogen and oxygen atoms in total. The minimum Gasteiger partial charge on any atom is -0.444 e. The van der Waals surface area contributed by atoms with Gasteiger partial charge in [-0.15, -0.1) is 0 Å². The maximum Gasteiger partial charge on any atom is 0.407 e. The Bertz CT molecular complexity index is 476. The molecule has 1 amide bonds. The number of nitrogens with one attached hydrogen (secondary N) is 1. The fourth-order valence-corrected chi connectivity index (χ4v) is 2.32. The number of rotatable bonds is 3. The fourth-order valence-electron chi connectivity index (χ4n) is 2.32. The number of hydrogen-bond acceptors (Lipinski definition) is 4. The van der Waals surface area contributed by atoms with Crippen LogP contribution in [0.15, 0.2) is 6.07 Å². The Labute approximate surface area is 119 Å². The third-order valence-corrected chi connectivity index (χ3v) is 3.07. The molecule has 0 saturated heterocycles. The first kappa shape index (κ1) is 14.8. The minimum absolute atomic E-state index is 0.101. The van der Waals surface area contributed by atoms with Crippen LogP contribution in [0, 0.1) is 0 Å². The fraction of sp³-hybridized carbons (Fsp3) is 0.714. The summed E-state index contributed by atoms with van der Waals surface area (Å²) < 4.78 is 12.4. The van der Waals surface area contributed by atoms with Gasteiger partial charge in [-0.05, 0) is 33.3 Å². The summed E-state index contributed by atoms with van der Waals surface area (Å²) in [7, 11) is 1.66. The van der Waals surface area contributed by atoms with Crippen LogP contribution in [0.25, 0.3) is 0 Å². The van der Waals surface area contributed by atoms with Crippen molar-refractivity contribution in [3.63, 3.8) is 0 Å². The molecule has 112 valence electrons. The van der Waals surface area contributed by atoms with Crippen LogP contribution >= 0.6 is 0 Å². The zero-order valence-electron chi connectivity index (χ0n) is 12.6. The molecule has 1 aliphatic rings. The van der Waals surface area contributed by atoms with Crippen LogP contribution in [-0.2, 0) is 29.0 Å². The first-order valence-electron chi connectivity index (χ1n) is 6.91. The van der Waals surface area contributed by atoms with Gasteiger partial charge in [-0.2, -0.15) is 5.10 Å². The van der Waals surface area contributed by atoms with E-state index in [1.54, 1.807) is 7.11 Å². The minimum atomic E-state index is -0.466.